The maximum Gasteiger partial charge on any atom is 1.00 e. The molecule has 0 aliphatic rings. The van der Waals surface area contributed by atoms with Crippen LogP contribution >= 0.6 is 0 Å². The van der Waals surface area contributed by atoms with Gasteiger partial charge in [-0.15, -0.1) is 0 Å². The summed E-state index contributed by atoms with van der Waals surface area (Å²) in [5.74, 6) is 0. The molecular weight excluding hydrogens is 1900 g/mol. The average Bonchev–Trinajstić information content (AvgIpc) is 3.54. The summed E-state index contributed by atoms with van der Waals surface area (Å²) in [4.78, 5) is 0. The Morgan fingerprint density at radius 1 is 0.0870 bits per heavy atom. The van der Waals surface area contributed by atoms with Gasteiger partial charge in [0.05, 0.1) is 0 Å². The van der Waals surface area contributed by atoms with E-state index in [2.05, 4.69) is 72.8 Å². The molecule has 0 atom stereocenters. The van der Waals surface area contributed by atoms with Crippen LogP contribution in [0.4, 0.5) is 0 Å². The van der Waals surface area contributed by atoms with Crippen molar-refractivity contribution in [3.8, 4) is 0 Å². The van der Waals surface area contributed by atoms with Crippen molar-refractivity contribution in [2.24, 2.45) is 0 Å². The fourth-order valence-electron chi connectivity index (χ4n) is 4.10. The Morgan fingerprint density at radius 3 is 0.141 bits per heavy atom. The van der Waals surface area contributed by atoms with E-state index >= 15 is 0 Å². The Labute approximate surface area is 813 Å². The van der Waals surface area contributed by atoms with Gasteiger partial charge in [0.1, 0.15) is 0 Å². The van der Waals surface area contributed by atoms with Crippen LogP contribution in [0.3, 0.4) is 0 Å². The third kappa shape index (κ3) is 140. The summed E-state index contributed by atoms with van der Waals surface area (Å²) in [6, 6.07) is 150. The molecule has 20 heteroatoms. The topological polar surface area (TPSA) is 0 Å². The summed E-state index contributed by atoms with van der Waals surface area (Å²) in [6.07, 6.45) is 0. The quantitative estimate of drug-likeness (QED) is 0.105. The molecule has 452 valence electrons. The molecule has 0 amide bonds. The fourth-order valence-corrected chi connectivity index (χ4v) is 4.10. The first kappa shape index (κ1) is 149. The van der Waals surface area contributed by atoms with Crippen molar-refractivity contribution in [2.75, 3.05) is 0 Å². The summed E-state index contributed by atoms with van der Waals surface area (Å²) >= 11 is 0. The van der Waals surface area contributed by atoms with Gasteiger partial charge in [-0.05, 0) is 0 Å². The van der Waals surface area contributed by atoms with Crippen molar-refractivity contribution < 1.29 is 391 Å². The van der Waals surface area contributed by atoms with Crippen molar-refractivity contribution in [3.63, 3.8) is 0 Å². The molecule has 0 saturated carbocycles. The number of halogens is 4. The van der Waals surface area contributed by atoms with Gasteiger partial charge >= 0.3 is 323 Å². The first-order chi connectivity index (χ1) is 36.0. The molecule has 0 unspecified atom stereocenters. The van der Waals surface area contributed by atoms with Crippen LogP contribution in [0.2, 0.25) is 0 Å². The Balaban J connectivity index is -0.0000000335. The second-order valence-electron chi connectivity index (χ2n) is 12.9. The summed E-state index contributed by atoms with van der Waals surface area (Å²) in [5.41, 5.74) is 0. The van der Waals surface area contributed by atoms with Crippen LogP contribution in [0.25, 0.3) is 0 Å². The van der Waals surface area contributed by atoms with E-state index in [4.69, 9.17) is 0 Å². The zero-order valence-electron chi connectivity index (χ0n) is 54.0. The number of rotatable bonds is 0. The third-order valence-corrected chi connectivity index (χ3v) is 7.29. The van der Waals surface area contributed by atoms with E-state index in [0.717, 1.165) is 0 Å². The largest absolute Gasteiger partial charge is 1.00 e. The number of benzene rings is 12. The van der Waals surface area contributed by atoms with Gasteiger partial charge in [0.15, 0.2) is 0 Å². The van der Waals surface area contributed by atoms with Gasteiger partial charge in [-0.1, -0.05) is 0 Å². The minimum absolute atomic E-state index is 0. The Hall–Kier alpha value is 2.98. The van der Waals surface area contributed by atoms with Crippen LogP contribution < -0.4 is 257 Å². The Kier molecular flexibility index (Phi) is 234. The van der Waals surface area contributed by atoms with Crippen LogP contribution in [-0.4, -0.2) is 0 Å². The zero-order valence-corrected chi connectivity index (χ0v) is 69.2. The molecule has 0 aliphatic carbocycles. The second-order valence-corrected chi connectivity index (χ2v) is 12.9. The standard InChI is InChI=1S/12C6H5.6Ag.4BrH.10Li/c12*1-2-4-6-5-3-1;;;;;;;;;;;;;;;;;;;;/h12*1-5H;;;;;;;4*1H;;;;;;;;;;/q12*-1;6*+1;;;;;10*+1/p-4. The van der Waals surface area contributed by atoms with Gasteiger partial charge in [0.2, 0.25) is 0 Å². The molecule has 92 heavy (non-hydrogen) atoms. The predicted molar refractivity (Wildman–Crippen MR) is 303 cm³/mol. The van der Waals surface area contributed by atoms with Gasteiger partial charge in [-0.2, -0.15) is 437 Å². The molecule has 12 aromatic rings. The number of hydrogen-bond donors (Lipinski definition) is 0. The molecule has 0 saturated heterocycles. The molecule has 0 spiro atoms. The van der Waals surface area contributed by atoms with Crippen LogP contribution in [0.5, 0.6) is 0 Å². The molecule has 12 rings (SSSR count). The van der Waals surface area contributed by atoms with E-state index in [9.17, 15) is 0 Å². The summed E-state index contributed by atoms with van der Waals surface area (Å²) in [6.45, 7) is 0. The Morgan fingerprint density at radius 2 is 0.130 bits per heavy atom. The maximum atomic E-state index is 2.89. The first-order valence-corrected chi connectivity index (χ1v) is 22.9. The van der Waals surface area contributed by atoms with Crippen molar-refractivity contribution in [2.45, 2.75) is 0 Å². The molecular formula is C72H60Ag6Br4Li10. The second kappa shape index (κ2) is 145. The summed E-state index contributed by atoms with van der Waals surface area (Å²) in [7, 11) is 0. The SMILES string of the molecule is [Ag+].[Ag+].[Ag+].[Ag+].[Ag+].[Ag+].[Br-].[Br-].[Br-].[Br-].[Li+].[Li+].[Li+].[Li+].[Li+].[Li+].[Li+].[Li+].[Li+].[Li+].[c-]1ccccc1.[c-]1ccccc1.[c-]1ccccc1.[c-]1ccccc1.[c-]1ccccc1.[c-]1ccccc1.[c-]1ccccc1.[c-]1ccccc1.[c-]1ccccc1.[c-]1ccccc1.[c-]1ccccc1.[c-]1ccccc1. The van der Waals surface area contributed by atoms with E-state index in [1.807, 2.05) is 364 Å². The Bertz CT molecular complexity index is 1640. The van der Waals surface area contributed by atoms with E-state index < -0.39 is 0 Å². The van der Waals surface area contributed by atoms with E-state index in [1.165, 1.54) is 0 Å². The maximum absolute atomic E-state index is 2.89. The van der Waals surface area contributed by atoms with Crippen LogP contribution in [0, 0.1) is 72.8 Å². The summed E-state index contributed by atoms with van der Waals surface area (Å²) in [5, 5.41) is 0. The minimum Gasteiger partial charge on any atom is -1.00 e. The fraction of sp³-hybridized carbons (Fsp3) is 0. The van der Waals surface area contributed by atoms with E-state index in [0.29, 0.717) is 0 Å². The van der Waals surface area contributed by atoms with Crippen molar-refractivity contribution in [1.29, 1.82) is 0 Å². The molecule has 0 nitrogen and oxygen atoms in total. The normalized spacial score (nSPS) is 6.26. The summed E-state index contributed by atoms with van der Waals surface area (Å²) < 4.78 is 0. The van der Waals surface area contributed by atoms with Gasteiger partial charge < -0.3 is 67.9 Å². The molecule has 0 aromatic heterocycles. The van der Waals surface area contributed by atoms with E-state index in [-0.39, 0.29) is 391 Å². The molecule has 0 aliphatic heterocycles. The van der Waals surface area contributed by atoms with Crippen molar-refractivity contribution in [3.05, 3.63) is 437 Å². The molecule has 12 aromatic carbocycles. The van der Waals surface area contributed by atoms with Crippen molar-refractivity contribution in [1.82, 2.24) is 0 Å². The minimum atomic E-state index is 0. The van der Waals surface area contributed by atoms with Crippen LogP contribution in [0.15, 0.2) is 364 Å². The smallest absolute Gasteiger partial charge is 1.00 e. The van der Waals surface area contributed by atoms with Gasteiger partial charge in [0, 0.05) is 0 Å². The first-order valence-electron chi connectivity index (χ1n) is 22.9. The van der Waals surface area contributed by atoms with Crippen molar-refractivity contribution >= 4 is 0 Å². The van der Waals surface area contributed by atoms with Crippen LogP contribution in [-0.2, 0) is 134 Å². The third-order valence-electron chi connectivity index (χ3n) is 7.29. The molecule has 0 radical (unpaired) electrons. The van der Waals surface area contributed by atoms with Gasteiger partial charge in [-0.3, -0.25) is 0 Å². The predicted octanol–water partition coefficient (Wildman–Crippen LogP) is -24.1. The average molecular weight is 1960 g/mol. The monoisotopic (exact) mass is 1950 g/mol. The molecule has 0 bridgehead atoms. The van der Waals surface area contributed by atoms with Gasteiger partial charge in [0.25, 0.3) is 0 Å². The molecule has 0 N–H and O–H groups in total. The zero-order chi connectivity index (χ0) is 50.9. The molecule has 0 heterocycles. The van der Waals surface area contributed by atoms with Crippen LogP contribution in [0.1, 0.15) is 0 Å². The van der Waals surface area contributed by atoms with Gasteiger partial charge in [-0.25, -0.2) is 0 Å². The molecule has 0 fully saturated rings. The van der Waals surface area contributed by atoms with E-state index in [1.54, 1.807) is 0 Å². The number of hydrogen-bond acceptors (Lipinski definition) is 0.